The molecule has 0 saturated carbocycles. The Labute approximate surface area is 187 Å². The first-order valence-corrected chi connectivity index (χ1v) is 12.2. The maximum absolute atomic E-state index is 12.8. The molecule has 2 atom stereocenters. The van der Waals surface area contributed by atoms with Gasteiger partial charge in [-0.25, -0.2) is 13.9 Å². The van der Waals surface area contributed by atoms with Gasteiger partial charge in [0, 0.05) is 18.3 Å². The van der Waals surface area contributed by atoms with Crippen molar-refractivity contribution in [3.05, 3.63) is 45.3 Å². The summed E-state index contributed by atoms with van der Waals surface area (Å²) >= 11 is 6.81. The van der Waals surface area contributed by atoms with Gasteiger partial charge >= 0.3 is 0 Å². The summed E-state index contributed by atoms with van der Waals surface area (Å²) in [5.74, 6) is 0.408. The summed E-state index contributed by atoms with van der Waals surface area (Å²) in [5.41, 5.74) is 1.05. The highest BCUT2D eigenvalue weighted by atomic mass is 79.9. The standard InChI is InChI=1S/C18H23Br2N3O2S.C2H6/c1-3-4-8-14(12-21-13-9-6-5-7-10-13)23-26(24)18-16(20)11-15(19)17(22-18)25-2;1-2/h5-7,9-11,14,21,23H,3-4,8,12H2,1-2H3;1-2H3. The number of hydrogen-bond acceptors (Lipinski definition) is 4. The van der Waals surface area contributed by atoms with Crippen molar-refractivity contribution in [3.63, 3.8) is 0 Å². The maximum Gasteiger partial charge on any atom is 0.228 e. The molecule has 8 heteroatoms. The van der Waals surface area contributed by atoms with Gasteiger partial charge in [-0.15, -0.1) is 0 Å². The summed E-state index contributed by atoms with van der Waals surface area (Å²) in [6.07, 6.45) is 3.07. The zero-order chi connectivity index (χ0) is 20.9. The molecule has 0 bridgehead atoms. The second kappa shape index (κ2) is 14.1. The summed E-state index contributed by atoms with van der Waals surface area (Å²) in [6, 6.07) is 11.9. The van der Waals surface area contributed by atoms with Gasteiger partial charge < -0.3 is 10.1 Å². The monoisotopic (exact) mass is 533 g/mol. The first kappa shape index (κ1) is 25.1. The third kappa shape index (κ3) is 8.19. The molecule has 28 heavy (non-hydrogen) atoms. The molecule has 0 aliphatic carbocycles. The molecule has 2 unspecified atom stereocenters. The molecule has 1 heterocycles. The average molecular weight is 535 g/mol. The number of hydrogen-bond donors (Lipinski definition) is 2. The molecule has 0 aliphatic rings. The fourth-order valence-electron chi connectivity index (χ4n) is 2.36. The van der Waals surface area contributed by atoms with Crippen molar-refractivity contribution in [1.82, 2.24) is 9.71 Å². The first-order chi connectivity index (χ1) is 13.5. The zero-order valence-corrected chi connectivity index (χ0v) is 20.8. The zero-order valence-electron chi connectivity index (χ0n) is 16.8. The number of unbranched alkanes of at least 4 members (excludes halogenated alkanes) is 1. The lowest BCUT2D eigenvalue weighted by Crippen LogP contribution is -2.37. The van der Waals surface area contributed by atoms with Gasteiger partial charge in [0.25, 0.3) is 0 Å². The number of nitrogens with zero attached hydrogens (tertiary/aromatic N) is 1. The van der Waals surface area contributed by atoms with Crippen LogP contribution in [0.5, 0.6) is 5.88 Å². The first-order valence-electron chi connectivity index (χ1n) is 9.42. The van der Waals surface area contributed by atoms with Crippen LogP contribution in [0.15, 0.2) is 50.4 Å². The molecule has 2 N–H and O–H groups in total. The van der Waals surface area contributed by atoms with E-state index in [1.807, 2.05) is 44.2 Å². The lowest BCUT2D eigenvalue weighted by Gasteiger charge is -2.19. The molecule has 1 aromatic carbocycles. The van der Waals surface area contributed by atoms with Crippen LogP contribution in [0.1, 0.15) is 40.0 Å². The third-order valence-corrected chi connectivity index (χ3v) is 6.39. The van der Waals surface area contributed by atoms with Gasteiger partial charge in [-0.2, -0.15) is 0 Å². The van der Waals surface area contributed by atoms with Crippen molar-refractivity contribution < 1.29 is 8.95 Å². The van der Waals surface area contributed by atoms with E-state index >= 15 is 0 Å². The van der Waals surface area contributed by atoms with Gasteiger partial charge in [0.1, 0.15) is 11.0 Å². The van der Waals surface area contributed by atoms with Gasteiger partial charge in [-0.3, -0.25) is 0 Å². The number of aromatic nitrogens is 1. The Bertz CT molecular complexity index is 733. The molecule has 1 aromatic heterocycles. The van der Waals surface area contributed by atoms with Crippen molar-refractivity contribution in [2.24, 2.45) is 0 Å². The van der Waals surface area contributed by atoms with E-state index in [-0.39, 0.29) is 6.04 Å². The number of ether oxygens (including phenoxy) is 1. The van der Waals surface area contributed by atoms with Crippen LogP contribution >= 0.6 is 31.9 Å². The smallest absolute Gasteiger partial charge is 0.228 e. The fourth-order valence-corrected chi connectivity index (χ4v) is 4.93. The second-order valence-corrected chi connectivity index (χ2v) is 8.61. The molecular weight excluding hydrogens is 506 g/mol. The Morgan fingerprint density at radius 1 is 1.18 bits per heavy atom. The molecule has 2 aromatic rings. The average Bonchev–Trinajstić information content (AvgIpc) is 2.72. The summed E-state index contributed by atoms with van der Waals surface area (Å²) in [6.45, 7) is 6.83. The molecule has 156 valence electrons. The molecule has 0 radical (unpaired) electrons. The van der Waals surface area contributed by atoms with Crippen LogP contribution in [0, 0.1) is 0 Å². The number of para-hydroxylation sites is 1. The van der Waals surface area contributed by atoms with Gasteiger partial charge in [-0.1, -0.05) is 51.8 Å². The molecule has 0 fully saturated rings. The quantitative estimate of drug-likeness (QED) is 0.397. The summed E-state index contributed by atoms with van der Waals surface area (Å²) in [5, 5.41) is 3.82. The van der Waals surface area contributed by atoms with Crippen molar-refractivity contribution in [1.29, 1.82) is 0 Å². The van der Waals surface area contributed by atoms with E-state index in [1.165, 1.54) is 7.11 Å². The van der Waals surface area contributed by atoms with Crippen LogP contribution in [-0.4, -0.2) is 28.9 Å². The van der Waals surface area contributed by atoms with Gasteiger partial charge in [0.15, 0.2) is 5.03 Å². The highest BCUT2D eigenvalue weighted by Gasteiger charge is 2.18. The topological polar surface area (TPSA) is 63.2 Å². The lowest BCUT2D eigenvalue weighted by molar-refractivity contribution is 0.391. The van der Waals surface area contributed by atoms with E-state index < -0.39 is 11.0 Å². The van der Waals surface area contributed by atoms with Crippen molar-refractivity contribution >= 4 is 48.5 Å². The Hall–Kier alpha value is -0.960. The van der Waals surface area contributed by atoms with E-state index in [9.17, 15) is 4.21 Å². The number of methoxy groups -OCH3 is 1. The second-order valence-electron chi connectivity index (χ2n) is 5.74. The number of nitrogens with one attached hydrogen (secondary N) is 2. The van der Waals surface area contributed by atoms with Gasteiger partial charge in [-0.05, 0) is 56.5 Å². The van der Waals surface area contributed by atoms with E-state index in [0.717, 1.165) is 24.9 Å². The molecule has 0 aliphatic heterocycles. The highest BCUT2D eigenvalue weighted by Crippen LogP contribution is 2.29. The Morgan fingerprint density at radius 2 is 1.86 bits per heavy atom. The van der Waals surface area contributed by atoms with E-state index in [0.29, 0.717) is 26.4 Å². The van der Waals surface area contributed by atoms with Crippen LogP contribution in [0.3, 0.4) is 0 Å². The molecule has 2 rings (SSSR count). The van der Waals surface area contributed by atoms with E-state index in [2.05, 4.69) is 53.8 Å². The van der Waals surface area contributed by atoms with Crippen LogP contribution < -0.4 is 14.8 Å². The van der Waals surface area contributed by atoms with Crippen LogP contribution in [0.4, 0.5) is 5.69 Å². The normalized spacial score (nSPS) is 12.5. The molecule has 5 nitrogen and oxygen atoms in total. The van der Waals surface area contributed by atoms with Crippen molar-refractivity contribution in [3.8, 4) is 5.88 Å². The van der Waals surface area contributed by atoms with Crippen LogP contribution in [0.25, 0.3) is 0 Å². The number of rotatable bonds is 10. The van der Waals surface area contributed by atoms with Gasteiger partial charge in [0.05, 0.1) is 16.1 Å². The number of benzene rings is 1. The lowest BCUT2D eigenvalue weighted by atomic mass is 10.1. The minimum atomic E-state index is -1.46. The molecular formula is C20H29Br2N3O2S. The minimum Gasteiger partial charge on any atom is -0.480 e. The largest absolute Gasteiger partial charge is 0.480 e. The summed E-state index contributed by atoms with van der Waals surface area (Å²) in [4.78, 5) is 4.34. The minimum absolute atomic E-state index is 0.0549. The predicted molar refractivity (Wildman–Crippen MR) is 125 cm³/mol. The van der Waals surface area contributed by atoms with Crippen LogP contribution in [0.2, 0.25) is 0 Å². The van der Waals surface area contributed by atoms with Crippen molar-refractivity contribution in [2.45, 2.75) is 51.1 Å². The number of pyridine rings is 1. The fraction of sp³-hybridized carbons (Fsp3) is 0.450. The molecule has 0 saturated heterocycles. The van der Waals surface area contributed by atoms with Crippen molar-refractivity contribution in [2.75, 3.05) is 19.0 Å². The van der Waals surface area contributed by atoms with Gasteiger partial charge in [0.2, 0.25) is 5.88 Å². The molecule has 0 amide bonds. The van der Waals surface area contributed by atoms with E-state index in [4.69, 9.17) is 4.74 Å². The Morgan fingerprint density at radius 3 is 2.46 bits per heavy atom. The van der Waals surface area contributed by atoms with E-state index in [1.54, 1.807) is 6.07 Å². The Kier molecular flexibility index (Phi) is 12.6. The highest BCUT2D eigenvalue weighted by molar-refractivity contribution is 9.11. The predicted octanol–water partition coefficient (Wildman–Crippen LogP) is 5.92. The number of halogens is 2. The molecule has 0 spiro atoms. The SMILES string of the molecule is CC.CCCCC(CNc1ccccc1)NS(=O)c1nc(OC)c(Br)cc1Br. The maximum atomic E-state index is 12.8. The Balaban J connectivity index is 0.00000190. The third-order valence-electron chi connectivity index (χ3n) is 3.74. The number of anilines is 1. The summed E-state index contributed by atoms with van der Waals surface area (Å²) < 4.78 is 22.6. The summed E-state index contributed by atoms with van der Waals surface area (Å²) in [7, 11) is 0.0813. The van der Waals surface area contributed by atoms with Crippen LogP contribution in [-0.2, 0) is 11.0 Å².